The second kappa shape index (κ2) is 9.96. The van der Waals surface area contributed by atoms with Gasteiger partial charge in [-0.15, -0.1) is 0 Å². The summed E-state index contributed by atoms with van der Waals surface area (Å²) >= 11 is 0. The Hall–Kier alpha value is -3.57. The number of fused-ring (bicyclic) bond motifs is 1. The summed E-state index contributed by atoms with van der Waals surface area (Å²) in [5, 5.41) is 12.4. The van der Waals surface area contributed by atoms with Crippen molar-refractivity contribution in [1.82, 2.24) is 24.8 Å². The van der Waals surface area contributed by atoms with E-state index in [9.17, 15) is 19.5 Å². The molecule has 10 nitrogen and oxygen atoms in total. The molecule has 0 bridgehead atoms. The molecule has 3 N–H and O–H groups in total. The number of aryl methyl sites for hydroxylation is 1. The Kier molecular flexibility index (Phi) is 6.99. The van der Waals surface area contributed by atoms with E-state index in [1.54, 1.807) is 20.0 Å². The van der Waals surface area contributed by atoms with Crippen LogP contribution in [-0.2, 0) is 19.7 Å². The van der Waals surface area contributed by atoms with Crippen LogP contribution in [0.3, 0.4) is 0 Å². The Morgan fingerprint density at radius 3 is 2.51 bits per heavy atom. The third-order valence-corrected chi connectivity index (χ3v) is 6.47. The third kappa shape index (κ3) is 4.56. The molecule has 0 spiro atoms. The van der Waals surface area contributed by atoms with Gasteiger partial charge in [0.05, 0.1) is 28.9 Å². The number of amides is 1. The summed E-state index contributed by atoms with van der Waals surface area (Å²) in [5.74, 6) is -0.888. The molecule has 1 aliphatic heterocycles. The average Bonchev–Trinajstić information content (AvgIpc) is 2.86. The number of hydrogen-bond acceptors (Lipinski definition) is 7. The van der Waals surface area contributed by atoms with E-state index in [-0.39, 0.29) is 35.5 Å². The Bertz CT molecular complexity index is 1390. The molecule has 35 heavy (non-hydrogen) atoms. The molecule has 3 aromatic rings. The minimum Gasteiger partial charge on any atom is -0.392 e. The number of benzene rings is 1. The lowest BCUT2D eigenvalue weighted by atomic mass is 10.0. The van der Waals surface area contributed by atoms with Crippen LogP contribution in [0.5, 0.6) is 0 Å². The number of pyridine rings is 1. The van der Waals surface area contributed by atoms with Gasteiger partial charge in [0.2, 0.25) is 0 Å². The van der Waals surface area contributed by atoms with Gasteiger partial charge in [0.25, 0.3) is 11.5 Å². The number of anilines is 1. The number of rotatable bonds is 6. The zero-order valence-corrected chi connectivity index (χ0v) is 20.0. The minimum absolute atomic E-state index is 0.00296. The van der Waals surface area contributed by atoms with Crippen LogP contribution >= 0.6 is 0 Å². The van der Waals surface area contributed by atoms with Crippen molar-refractivity contribution in [3.63, 3.8) is 0 Å². The zero-order valence-electron chi connectivity index (χ0n) is 20.0. The molecule has 4 rings (SSSR count). The van der Waals surface area contributed by atoms with E-state index in [1.165, 1.54) is 6.07 Å². The molecule has 1 fully saturated rings. The van der Waals surface area contributed by atoms with E-state index >= 15 is 4.39 Å². The second-order valence-electron chi connectivity index (χ2n) is 8.54. The van der Waals surface area contributed by atoms with Crippen LogP contribution < -0.4 is 21.5 Å². The number of carbonyl (C=O) groups is 1. The fourth-order valence-electron chi connectivity index (χ4n) is 4.60. The standard InChI is InChI=1S/C24H29FN6O4/c1-4-31-23(34)19-16(13-32)11-15(20(25)21(19)28-24(31)35)12-29-7-9-30(10-8-29)18-6-5-17(22(33)26-3)27-14(18)2/h5-6,11,32H,4,7-10,12-13H2,1-3H3,(H,26,33)(H,28,35). The Morgan fingerprint density at radius 2 is 1.91 bits per heavy atom. The van der Waals surface area contributed by atoms with Crippen molar-refractivity contribution in [2.75, 3.05) is 38.1 Å². The molecule has 1 aromatic carbocycles. The van der Waals surface area contributed by atoms with Crippen molar-refractivity contribution >= 4 is 22.5 Å². The number of aliphatic hydroxyl groups excluding tert-OH is 1. The molecular formula is C24H29FN6O4. The average molecular weight is 485 g/mol. The summed E-state index contributed by atoms with van der Waals surface area (Å²) in [5.41, 5.74) is 1.22. The van der Waals surface area contributed by atoms with Crippen molar-refractivity contribution in [2.45, 2.75) is 33.5 Å². The molecule has 0 saturated carbocycles. The van der Waals surface area contributed by atoms with Crippen molar-refractivity contribution < 1.29 is 14.3 Å². The molecule has 1 aliphatic rings. The minimum atomic E-state index is -0.676. The molecule has 1 amide bonds. The lowest BCUT2D eigenvalue weighted by Crippen LogP contribution is -2.46. The highest BCUT2D eigenvalue weighted by Crippen LogP contribution is 2.24. The number of carbonyl (C=O) groups excluding carboxylic acids is 1. The van der Waals surface area contributed by atoms with E-state index in [2.05, 4.69) is 25.1 Å². The number of hydrogen-bond donors (Lipinski definition) is 3. The summed E-state index contributed by atoms with van der Waals surface area (Å²) < 4.78 is 16.4. The quantitative estimate of drug-likeness (QED) is 0.471. The molecule has 0 atom stereocenters. The van der Waals surface area contributed by atoms with Gasteiger partial charge in [0, 0.05) is 51.9 Å². The molecule has 1 saturated heterocycles. The first-order valence-corrected chi connectivity index (χ1v) is 11.5. The topological polar surface area (TPSA) is 124 Å². The van der Waals surface area contributed by atoms with Gasteiger partial charge in [-0.3, -0.25) is 19.1 Å². The van der Waals surface area contributed by atoms with E-state index in [4.69, 9.17) is 0 Å². The summed E-state index contributed by atoms with van der Waals surface area (Å²) in [4.78, 5) is 47.9. The second-order valence-corrected chi connectivity index (χ2v) is 8.54. The van der Waals surface area contributed by atoms with Crippen molar-refractivity contribution in [2.24, 2.45) is 0 Å². The predicted octanol–water partition coefficient (Wildman–Crippen LogP) is 0.726. The molecule has 186 valence electrons. The number of nitrogens with zero attached hydrogens (tertiary/aromatic N) is 4. The van der Waals surface area contributed by atoms with Gasteiger partial charge in [-0.2, -0.15) is 0 Å². The largest absolute Gasteiger partial charge is 0.392 e. The maximum atomic E-state index is 15.4. The van der Waals surface area contributed by atoms with Crippen LogP contribution in [0.15, 0.2) is 27.8 Å². The van der Waals surface area contributed by atoms with E-state index < -0.39 is 23.7 Å². The SMILES string of the molecule is CCn1c(=O)[nH]c2c(F)c(CN3CCN(c4ccc(C(=O)NC)nc4C)CC3)cc(CO)c2c1=O. The monoisotopic (exact) mass is 484 g/mol. The number of aliphatic hydroxyl groups is 1. The van der Waals surface area contributed by atoms with Crippen molar-refractivity contribution in [3.05, 3.63) is 67.4 Å². The van der Waals surface area contributed by atoms with Gasteiger partial charge in [-0.05, 0) is 37.6 Å². The van der Waals surface area contributed by atoms with E-state index in [1.807, 2.05) is 13.0 Å². The zero-order chi connectivity index (χ0) is 25.3. The van der Waals surface area contributed by atoms with Crippen LogP contribution in [0.4, 0.5) is 10.1 Å². The lowest BCUT2D eigenvalue weighted by molar-refractivity contribution is 0.0958. The smallest absolute Gasteiger partial charge is 0.328 e. The number of halogens is 1. The molecule has 11 heteroatoms. The Balaban J connectivity index is 1.55. The highest BCUT2D eigenvalue weighted by Gasteiger charge is 2.23. The van der Waals surface area contributed by atoms with E-state index in [0.29, 0.717) is 37.4 Å². The first-order chi connectivity index (χ1) is 16.8. The number of H-pyrrole nitrogens is 1. The van der Waals surface area contributed by atoms with Crippen LogP contribution in [0.2, 0.25) is 0 Å². The van der Waals surface area contributed by atoms with Gasteiger partial charge in [0.15, 0.2) is 5.82 Å². The molecule has 0 aliphatic carbocycles. The fraction of sp³-hybridized carbons (Fsp3) is 0.417. The van der Waals surface area contributed by atoms with Gasteiger partial charge in [0.1, 0.15) is 5.69 Å². The van der Waals surface area contributed by atoms with Crippen molar-refractivity contribution in [3.8, 4) is 0 Å². The third-order valence-electron chi connectivity index (χ3n) is 6.47. The van der Waals surface area contributed by atoms with Gasteiger partial charge in [-0.1, -0.05) is 0 Å². The molecule has 3 heterocycles. The maximum Gasteiger partial charge on any atom is 0.328 e. The van der Waals surface area contributed by atoms with Crippen LogP contribution in [-0.4, -0.2) is 63.7 Å². The highest BCUT2D eigenvalue weighted by atomic mass is 19.1. The number of piperazine rings is 1. The Morgan fingerprint density at radius 1 is 1.20 bits per heavy atom. The summed E-state index contributed by atoms with van der Waals surface area (Å²) in [6.45, 7) is 6.15. The van der Waals surface area contributed by atoms with Gasteiger partial charge < -0.3 is 20.3 Å². The summed E-state index contributed by atoms with van der Waals surface area (Å²) in [6, 6.07) is 5.09. The fourth-order valence-corrected chi connectivity index (χ4v) is 4.60. The predicted molar refractivity (Wildman–Crippen MR) is 130 cm³/mol. The van der Waals surface area contributed by atoms with Crippen LogP contribution in [0, 0.1) is 12.7 Å². The lowest BCUT2D eigenvalue weighted by Gasteiger charge is -2.36. The van der Waals surface area contributed by atoms with Gasteiger partial charge in [-0.25, -0.2) is 14.2 Å². The summed E-state index contributed by atoms with van der Waals surface area (Å²) in [7, 11) is 1.56. The molecular weight excluding hydrogens is 455 g/mol. The van der Waals surface area contributed by atoms with Crippen LogP contribution in [0.1, 0.15) is 34.2 Å². The first kappa shape index (κ1) is 24.6. The van der Waals surface area contributed by atoms with Crippen molar-refractivity contribution in [1.29, 1.82) is 0 Å². The maximum absolute atomic E-state index is 15.4. The van der Waals surface area contributed by atoms with Crippen LogP contribution in [0.25, 0.3) is 10.9 Å². The van der Waals surface area contributed by atoms with E-state index in [0.717, 1.165) is 15.9 Å². The normalized spacial score (nSPS) is 14.5. The number of nitrogens with one attached hydrogen (secondary N) is 2. The Labute approximate surface area is 201 Å². The highest BCUT2D eigenvalue weighted by molar-refractivity contribution is 5.92. The molecule has 0 radical (unpaired) electrons. The number of aromatic nitrogens is 3. The number of aromatic amines is 1. The van der Waals surface area contributed by atoms with Gasteiger partial charge >= 0.3 is 5.69 Å². The molecule has 2 aromatic heterocycles. The molecule has 0 unspecified atom stereocenters. The summed E-state index contributed by atoms with van der Waals surface area (Å²) in [6.07, 6.45) is 0. The first-order valence-electron chi connectivity index (χ1n) is 11.5.